The van der Waals surface area contributed by atoms with Crippen LogP contribution in [0.15, 0.2) is 21.3 Å². The van der Waals surface area contributed by atoms with Crippen LogP contribution in [-0.2, 0) is 18.4 Å². The van der Waals surface area contributed by atoms with Crippen molar-refractivity contribution in [2.45, 2.75) is 66.1 Å². The number of hydrogen-bond donors (Lipinski definition) is 0. The van der Waals surface area contributed by atoms with Gasteiger partial charge in [-0.3, -0.25) is 9.36 Å². The molecule has 0 saturated carbocycles. The highest BCUT2D eigenvalue weighted by Gasteiger charge is 2.29. The Labute approximate surface area is 182 Å². The number of nitrogens with zero attached hydrogens (tertiary/aromatic N) is 4. The molecular formula is C23H34N4O2S. The molecule has 30 heavy (non-hydrogen) atoms. The van der Waals surface area contributed by atoms with E-state index >= 15 is 0 Å². The maximum atomic E-state index is 13.2. The van der Waals surface area contributed by atoms with Crippen molar-refractivity contribution >= 4 is 33.9 Å². The molecule has 1 aromatic carbocycles. The van der Waals surface area contributed by atoms with E-state index in [1.54, 1.807) is 11.6 Å². The van der Waals surface area contributed by atoms with Crippen molar-refractivity contribution in [3.8, 4) is 0 Å². The van der Waals surface area contributed by atoms with Gasteiger partial charge in [-0.15, -0.1) is 0 Å². The molecule has 164 valence electrons. The summed E-state index contributed by atoms with van der Waals surface area (Å²) in [5, 5.41) is 0.574. The molecule has 1 atom stereocenters. The van der Waals surface area contributed by atoms with E-state index in [2.05, 4.69) is 23.1 Å². The van der Waals surface area contributed by atoms with Gasteiger partial charge in [-0.2, -0.15) is 0 Å². The number of fused-ring (bicyclic) bond motifs is 1. The van der Waals surface area contributed by atoms with Crippen molar-refractivity contribution in [1.29, 1.82) is 0 Å². The molecule has 0 amide bonds. The summed E-state index contributed by atoms with van der Waals surface area (Å²) in [5.74, 6) is 0.692. The third-order valence-electron chi connectivity index (χ3n) is 5.83. The average Bonchev–Trinajstić information content (AvgIpc) is 2.64. The zero-order valence-corrected chi connectivity index (χ0v) is 20.3. The van der Waals surface area contributed by atoms with Crippen molar-refractivity contribution in [2.75, 3.05) is 18.0 Å². The lowest BCUT2D eigenvalue weighted by Crippen LogP contribution is -2.40. The second kappa shape index (κ2) is 8.00. The van der Waals surface area contributed by atoms with E-state index in [4.69, 9.17) is 4.98 Å². The minimum absolute atomic E-state index is 0.0606. The fraction of sp³-hybridized carbons (Fsp3) is 0.609. The van der Waals surface area contributed by atoms with Gasteiger partial charge in [-0.1, -0.05) is 18.2 Å². The lowest BCUT2D eigenvalue weighted by molar-refractivity contribution is 0.277. The second-order valence-electron chi connectivity index (χ2n) is 10.2. The fourth-order valence-corrected chi connectivity index (χ4v) is 4.31. The first-order valence-electron chi connectivity index (χ1n) is 10.5. The Balaban J connectivity index is 2.16. The predicted octanol–water partition coefficient (Wildman–Crippen LogP) is 4.14. The van der Waals surface area contributed by atoms with Crippen molar-refractivity contribution in [3.63, 3.8) is 0 Å². The molecule has 1 aliphatic rings. The average molecular weight is 431 g/mol. The van der Waals surface area contributed by atoms with E-state index in [0.29, 0.717) is 28.0 Å². The summed E-state index contributed by atoms with van der Waals surface area (Å²) in [6, 6.07) is 3.86. The molecule has 2 heterocycles. The zero-order chi connectivity index (χ0) is 22.4. The Hall–Kier alpha value is -1.86. The zero-order valence-electron chi connectivity index (χ0n) is 19.5. The summed E-state index contributed by atoms with van der Waals surface area (Å²) in [4.78, 5) is 20.4. The number of anilines is 1. The van der Waals surface area contributed by atoms with E-state index in [0.717, 1.165) is 37.1 Å². The Bertz CT molecular complexity index is 1040. The van der Waals surface area contributed by atoms with Crippen LogP contribution in [0.3, 0.4) is 0 Å². The van der Waals surface area contributed by atoms with E-state index in [-0.39, 0.29) is 5.56 Å². The largest absolute Gasteiger partial charge is 0.591 e. The lowest BCUT2D eigenvalue weighted by Gasteiger charge is -2.38. The van der Waals surface area contributed by atoms with Gasteiger partial charge in [0.2, 0.25) is 5.95 Å². The number of aryl methyl sites for hydroxylation is 1. The summed E-state index contributed by atoms with van der Waals surface area (Å²) < 4.78 is 18.3. The molecule has 3 rings (SSSR count). The van der Waals surface area contributed by atoms with Gasteiger partial charge in [0.15, 0.2) is 0 Å². The van der Waals surface area contributed by atoms with E-state index in [1.807, 2.05) is 46.8 Å². The van der Waals surface area contributed by atoms with Gasteiger partial charge >= 0.3 is 0 Å². The summed E-state index contributed by atoms with van der Waals surface area (Å²) in [5.41, 5.74) is 3.27. The molecule has 1 unspecified atom stereocenters. The van der Waals surface area contributed by atoms with Crippen LogP contribution in [0, 0.1) is 12.3 Å². The minimum Gasteiger partial charge on any atom is -0.591 e. The number of hydrogen-bond acceptors (Lipinski definition) is 5. The number of rotatable bonds is 3. The van der Waals surface area contributed by atoms with Gasteiger partial charge < -0.3 is 9.45 Å². The first kappa shape index (κ1) is 22.8. The van der Waals surface area contributed by atoms with Crippen LogP contribution in [0.4, 0.5) is 5.95 Å². The number of benzene rings is 1. The predicted molar refractivity (Wildman–Crippen MR) is 127 cm³/mol. The van der Waals surface area contributed by atoms with Crippen LogP contribution in [-0.4, -0.2) is 37.7 Å². The molecular weight excluding hydrogens is 396 g/mol. The smallest absolute Gasteiger partial charge is 0.262 e. The van der Waals surface area contributed by atoms with Gasteiger partial charge in [-0.25, -0.2) is 4.98 Å². The van der Waals surface area contributed by atoms with Crippen LogP contribution in [0.5, 0.6) is 0 Å². The summed E-state index contributed by atoms with van der Waals surface area (Å²) >= 11 is -1.38. The van der Waals surface area contributed by atoms with Crippen LogP contribution in [0.2, 0.25) is 0 Å². The molecule has 1 aromatic heterocycles. The topological polar surface area (TPSA) is 73.6 Å². The third-order valence-corrected chi connectivity index (χ3v) is 7.32. The standard InChI is InChI=1S/C23H34N4O2S/c1-15-13-17(16(2)25-30(29)22(3,4)5)19-18(14-15)20(28)26(8)21(24-19)27-11-9-23(6,7)10-12-27/h13-14H,9-12H2,1-8H3/b25-16+. The monoisotopic (exact) mass is 430 g/mol. The SMILES string of the molecule is C/C(=N\[S+]([O-])C(C)(C)C)c1cc(C)cc2c(=O)n(C)c(N3CCC(C)(C)CC3)nc12. The summed E-state index contributed by atoms with van der Waals surface area (Å²) in [6.45, 7) is 15.8. The van der Waals surface area contributed by atoms with E-state index < -0.39 is 16.1 Å². The van der Waals surface area contributed by atoms with Gasteiger partial charge in [0.25, 0.3) is 5.56 Å². The number of aromatic nitrogens is 2. The Morgan fingerprint density at radius 2 is 1.83 bits per heavy atom. The van der Waals surface area contributed by atoms with E-state index in [9.17, 15) is 9.35 Å². The maximum absolute atomic E-state index is 13.2. The highest BCUT2D eigenvalue weighted by Crippen LogP contribution is 2.32. The summed E-state index contributed by atoms with van der Waals surface area (Å²) in [6.07, 6.45) is 2.12. The molecule has 0 radical (unpaired) electrons. The Morgan fingerprint density at radius 3 is 2.40 bits per heavy atom. The van der Waals surface area contributed by atoms with Crippen LogP contribution in [0.1, 0.15) is 65.5 Å². The molecule has 1 saturated heterocycles. The molecule has 6 nitrogen and oxygen atoms in total. The quantitative estimate of drug-likeness (QED) is 0.542. The van der Waals surface area contributed by atoms with Gasteiger partial charge in [0.05, 0.1) is 16.6 Å². The highest BCUT2D eigenvalue weighted by atomic mass is 32.2. The molecule has 0 bridgehead atoms. The second-order valence-corrected chi connectivity index (χ2v) is 12.1. The maximum Gasteiger partial charge on any atom is 0.262 e. The van der Waals surface area contributed by atoms with Crippen molar-refractivity contribution in [3.05, 3.63) is 33.6 Å². The molecule has 7 heteroatoms. The lowest BCUT2D eigenvalue weighted by atomic mass is 9.83. The van der Waals surface area contributed by atoms with Crippen molar-refractivity contribution in [1.82, 2.24) is 9.55 Å². The molecule has 0 spiro atoms. The van der Waals surface area contributed by atoms with Crippen molar-refractivity contribution in [2.24, 2.45) is 16.9 Å². The minimum atomic E-state index is -1.38. The third kappa shape index (κ3) is 4.57. The van der Waals surface area contributed by atoms with Gasteiger partial charge in [0, 0.05) is 25.7 Å². The van der Waals surface area contributed by atoms with E-state index in [1.165, 1.54) is 0 Å². The van der Waals surface area contributed by atoms with Crippen LogP contribution in [0.25, 0.3) is 10.9 Å². The van der Waals surface area contributed by atoms with Gasteiger partial charge in [0.1, 0.15) is 16.1 Å². The highest BCUT2D eigenvalue weighted by molar-refractivity contribution is 7.91. The first-order valence-corrected chi connectivity index (χ1v) is 11.6. The normalized spacial score (nSPS) is 18.7. The first-order chi connectivity index (χ1) is 13.8. The molecule has 0 N–H and O–H groups in total. The van der Waals surface area contributed by atoms with Crippen molar-refractivity contribution < 1.29 is 4.55 Å². The molecule has 0 aliphatic carbocycles. The van der Waals surface area contributed by atoms with Gasteiger partial charge in [-0.05, 0) is 70.6 Å². The molecule has 1 aliphatic heterocycles. The van der Waals surface area contributed by atoms with Crippen LogP contribution < -0.4 is 10.5 Å². The molecule has 1 fully saturated rings. The fourth-order valence-electron chi connectivity index (χ4n) is 3.69. The Morgan fingerprint density at radius 1 is 1.23 bits per heavy atom. The molecule has 2 aromatic rings. The Kier molecular flexibility index (Phi) is 6.09. The van der Waals surface area contributed by atoms with Crippen LogP contribution >= 0.6 is 0 Å². The number of piperidine rings is 1. The summed E-state index contributed by atoms with van der Waals surface area (Å²) in [7, 11) is 1.79.